The van der Waals surface area contributed by atoms with Crippen LogP contribution in [0.15, 0.2) is 0 Å². The third-order valence-corrected chi connectivity index (χ3v) is 3.94. The van der Waals surface area contributed by atoms with E-state index in [0.29, 0.717) is 19.3 Å². The summed E-state index contributed by atoms with van der Waals surface area (Å²) in [6.45, 7) is 6.53. The van der Waals surface area contributed by atoms with Crippen LogP contribution in [0.3, 0.4) is 0 Å². The minimum Gasteiger partial charge on any atom is -0.379 e. The van der Waals surface area contributed by atoms with Gasteiger partial charge in [-0.3, -0.25) is 4.79 Å². The lowest BCUT2D eigenvalue weighted by Crippen LogP contribution is -2.49. The maximum Gasteiger partial charge on any atom is 0.227 e. The van der Waals surface area contributed by atoms with Crippen molar-refractivity contribution in [3.8, 4) is 0 Å². The standard InChI is InChI=1S/C13H25N3O2/c1-2-5-16-6-3-10(4-7-16)15-13(17)11-8-18-9-12(11)14/h10-12H,2-9,14H2,1H3,(H,15,17). The average Bonchev–Trinajstić information content (AvgIpc) is 2.78. The number of nitrogens with zero attached hydrogens (tertiary/aromatic N) is 1. The highest BCUT2D eigenvalue weighted by Crippen LogP contribution is 2.15. The number of rotatable bonds is 4. The SMILES string of the molecule is CCCN1CCC(NC(=O)C2COCC2N)CC1. The highest BCUT2D eigenvalue weighted by atomic mass is 16.5. The Labute approximate surface area is 109 Å². The Bertz CT molecular complexity index is 277. The first-order valence-corrected chi connectivity index (χ1v) is 7.06. The lowest BCUT2D eigenvalue weighted by molar-refractivity contribution is -0.126. The second kappa shape index (κ2) is 6.50. The molecule has 0 aromatic rings. The van der Waals surface area contributed by atoms with Gasteiger partial charge in [-0.15, -0.1) is 0 Å². The molecule has 2 fully saturated rings. The maximum atomic E-state index is 12.0. The second-order valence-corrected chi connectivity index (χ2v) is 5.43. The first kappa shape index (κ1) is 13.8. The molecule has 2 heterocycles. The Kier molecular flexibility index (Phi) is 4.97. The number of carbonyl (C=O) groups excluding carboxylic acids is 1. The summed E-state index contributed by atoms with van der Waals surface area (Å²) < 4.78 is 5.23. The van der Waals surface area contributed by atoms with Gasteiger partial charge in [-0.25, -0.2) is 0 Å². The van der Waals surface area contributed by atoms with Gasteiger partial charge in [0, 0.05) is 25.2 Å². The monoisotopic (exact) mass is 255 g/mol. The smallest absolute Gasteiger partial charge is 0.227 e. The number of piperidine rings is 1. The highest BCUT2D eigenvalue weighted by Gasteiger charge is 2.32. The van der Waals surface area contributed by atoms with E-state index >= 15 is 0 Å². The summed E-state index contributed by atoms with van der Waals surface area (Å²) in [5, 5.41) is 3.13. The van der Waals surface area contributed by atoms with Crippen LogP contribution in [-0.2, 0) is 9.53 Å². The van der Waals surface area contributed by atoms with Crippen LogP contribution in [0.1, 0.15) is 26.2 Å². The van der Waals surface area contributed by atoms with Gasteiger partial charge in [0.2, 0.25) is 5.91 Å². The van der Waals surface area contributed by atoms with Crippen LogP contribution in [0.25, 0.3) is 0 Å². The molecule has 1 amide bonds. The summed E-state index contributed by atoms with van der Waals surface area (Å²) in [7, 11) is 0. The molecule has 2 saturated heterocycles. The lowest BCUT2D eigenvalue weighted by atomic mass is 10.0. The van der Waals surface area contributed by atoms with Gasteiger partial charge in [-0.1, -0.05) is 6.92 Å². The minimum atomic E-state index is -0.154. The lowest BCUT2D eigenvalue weighted by Gasteiger charge is -2.32. The maximum absolute atomic E-state index is 12.0. The molecular weight excluding hydrogens is 230 g/mol. The van der Waals surface area contributed by atoms with Crippen LogP contribution in [0.5, 0.6) is 0 Å². The number of nitrogens with two attached hydrogens (primary N) is 1. The predicted octanol–water partition coefficient (Wildman–Crippen LogP) is -0.0493. The number of nitrogens with one attached hydrogen (secondary N) is 1. The fourth-order valence-electron chi connectivity index (χ4n) is 2.77. The molecule has 104 valence electrons. The van der Waals surface area contributed by atoms with Crippen molar-refractivity contribution in [1.29, 1.82) is 0 Å². The van der Waals surface area contributed by atoms with Crippen molar-refractivity contribution >= 4 is 5.91 Å². The summed E-state index contributed by atoms with van der Waals surface area (Å²) in [6.07, 6.45) is 3.30. The zero-order valence-electron chi connectivity index (χ0n) is 11.2. The topological polar surface area (TPSA) is 67.6 Å². The van der Waals surface area contributed by atoms with E-state index in [1.165, 1.54) is 13.0 Å². The molecule has 0 bridgehead atoms. The molecule has 2 unspecified atom stereocenters. The molecule has 2 atom stereocenters. The average molecular weight is 255 g/mol. The Morgan fingerprint density at radius 2 is 2.11 bits per heavy atom. The van der Waals surface area contributed by atoms with Crippen LogP contribution >= 0.6 is 0 Å². The van der Waals surface area contributed by atoms with Crippen LogP contribution in [0.4, 0.5) is 0 Å². The Hall–Kier alpha value is -0.650. The summed E-state index contributed by atoms with van der Waals surface area (Å²) in [4.78, 5) is 14.5. The van der Waals surface area contributed by atoms with Crippen molar-refractivity contribution in [3.05, 3.63) is 0 Å². The molecule has 0 aromatic carbocycles. The quantitative estimate of drug-likeness (QED) is 0.739. The van der Waals surface area contributed by atoms with E-state index in [1.54, 1.807) is 0 Å². The normalized spacial score (nSPS) is 30.6. The van der Waals surface area contributed by atoms with E-state index in [1.807, 2.05) is 0 Å². The zero-order valence-corrected chi connectivity index (χ0v) is 11.2. The Morgan fingerprint density at radius 3 is 2.67 bits per heavy atom. The third-order valence-electron chi connectivity index (χ3n) is 3.94. The van der Waals surface area contributed by atoms with Gasteiger partial charge < -0.3 is 20.7 Å². The van der Waals surface area contributed by atoms with Gasteiger partial charge in [0.05, 0.1) is 19.1 Å². The van der Waals surface area contributed by atoms with E-state index < -0.39 is 0 Å². The molecule has 5 nitrogen and oxygen atoms in total. The van der Waals surface area contributed by atoms with Gasteiger partial charge in [-0.2, -0.15) is 0 Å². The van der Waals surface area contributed by atoms with Gasteiger partial charge in [0.1, 0.15) is 0 Å². The molecule has 0 spiro atoms. The number of hydrogen-bond acceptors (Lipinski definition) is 4. The van der Waals surface area contributed by atoms with Crippen LogP contribution < -0.4 is 11.1 Å². The fraction of sp³-hybridized carbons (Fsp3) is 0.923. The van der Waals surface area contributed by atoms with E-state index in [2.05, 4.69) is 17.1 Å². The minimum absolute atomic E-state index is 0.0777. The van der Waals surface area contributed by atoms with Gasteiger partial charge in [0.25, 0.3) is 0 Å². The molecule has 3 N–H and O–H groups in total. The molecule has 2 aliphatic heterocycles. The van der Waals surface area contributed by atoms with Gasteiger partial charge in [0.15, 0.2) is 0 Å². The predicted molar refractivity (Wildman–Crippen MR) is 70.2 cm³/mol. The molecule has 0 radical (unpaired) electrons. The van der Waals surface area contributed by atoms with Gasteiger partial charge in [-0.05, 0) is 25.8 Å². The summed E-state index contributed by atoms with van der Waals surface area (Å²) in [6, 6.07) is 0.184. The zero-order chi connectivity index (χ0) is 13.0. The third kappa shape index (κ3) is 3.43. The molecule has 0 saturated carbocycles. The molecule has 2 rings (SSSR count). The summed E-state index contributed by atoms with van der Waals surface area (Å²) >= 11 is 0. The van der Waals surface area contributed by atoms with Crippen LogP contribution in [0.2, 0.25) is 0 Å². The first-order chi connectivity index (χ1) is 8.70. The number of ether oxygens (including phenoxy) is 1. The van der Waals surface area contributed by atoms with E-state index in [4.69, 9.17) is 10.5 Å². The number of hydrogen-bond donors (Lipinski definition) is 2. The van der Waals surface area contributed by atoms with Crippen molar-refractivity contribution < 1.29 is 9.53 Å². The summed E-state index contributed by atoms with van der Waals surface area (Å²) in [5.74, 6) is -0.0763. The molecular formula is C13H25N3O2. The van der Waals surface area contributed by atoms with Crippen LogP contribution in [-0.4, -0.2) is 55.7 Å². The van der Waals surface area contributed by atoms with E-state index in [0.717, 1.165) is 25.9 Å². The number of carbonyl (C=O) groups is 1. The molecule has 18 heavy (non-hydrogen) atoms. The molecule has 2 aliphatic rings. The van der Waals surface area contributed by atoms with Gasteiger partial charge >= 0.3 is 0 Å². The Morgan fingerprint density at radius 1 is 1.39 bits per heavy atom. The van der Waals surface area contributed by atoms with Crippen molar-refractivity contribution in [1.82, 2.24) is 10.2 Å². The molecule has 0 aromatic heterocycles. The molecule has 0 aliphatic carbocycles. The van der Waals surface area contributed by atoms with Crippen molar-refractivity contribution in [2.75, 3.05) is 32.8 Å². The highest BCUT2D eigenvalue weighted by molar-refractivity contribution is 5.80. The van der Waals surface area contributed by atoms with E-state index in [9.17, 15) is 4.79 Å². The van der Waals surface area contributed by atoms with Crippen LogP contribution in [0, 0.1) is 5.92 Å². The Balaban J connectivity index is 1.72. The second-order valence-electron chi connectivity index (χ2n) is 5.43. The van der Waals surface area contributed by atoms with Crippen molar-refractivity contribution in [2.45, 2.75) is 38.3 Å². The summed E-state index contributed by atoms with van der Waals surface area (Å²) in [5.41, 5.74) is 5.85. The number of likely N-dealkylation sites (tertiary alicyclic amines) is 1. The van der Waals surface area contributed by atoms with E-state index in [-0.39, 0.29) is 17.9 Å². The van der Waals surface area contributed by atoms with Crippen molar-refractivity contribution in [2.24, 2.45) is 11.7 Å². The first-order valence-electron chi connectivity index (χ1n) is 7.06. The fourth-order valence-corrected chi connectivity index (χ4v) is 2.77. The largest absolute Gasteiger partial charge is 0.379 e. The number of amides is 1. The van der Waals surface area contributed by atoms with Crippen molar-refractivity contribution in [3.63, 3.8) is 0 Å². The molecule has 5 heteroatoms.